The van der Waals surface area contributed by atoms with Crippen molar-refractivity contribution < 1.29 is 37.0 Å². The number of rotatable bonds is 11. The highest BCUT2D eigenvalue weighted by atomic mass is 19.3. The average Bonchev–Trinajstić information content (AvgIpc) is 3.65. The van der Waals surface area contributed by atoms with Gasteiger partial charge >= 0.3 is 12.7 Å². The molecule has 0 radical (unpaired) electrons. The molecule has 3 N–H and O–H groups in total. The van der Waals surface area contributed by atoms with Crippen LogP contribution in [0, 0.1) is 11.8 Å². The zero-order valence-corrected chi connectivity index (χ0v) is 22.5. The molecule has 4 rings (SSSR count). The van der Waals surface area contributed by atoms with Crippen molar-refractivity contribution >= 4 is 12.0 Å². The lowest BCUT2D eigenvalue weighted by Gasteiger charge is -2.34. The SMILES string of the molecule is COC(=O)N1CCCCC1CNC(=O)c1nc(-c2ccc(OC(F)F)c(OCC3CC3)c2)oc1[C@@H](N)C(C)C. The smallest absolute Gasteiger partial charge is 0.409 e. The number of ether oxygens (including phenoxy) is 3. The van der Waals surface area contributed by atoms with Gasteiger partial charge in [0.2, 0.25) is 5.89 Å². The number of carbonyl (C=O) groups is 2. The standard InChI is InChI=1S/C27H36F2N4O6/c1-15(2)21(30)23-22(24(34)31-13-18-6-4-5-11-33(18)27(35)36-3)32-25(39-23)17-9-10-19(38-26(28)29)20(12-17)37-14-16-7-8-16/h9-10,12,15-16,18,21,26H,4-8,11,13-14,30H2,1-3H3,(H,31,34)/t18?,21-/m0/s1. The Labute approximate surface area is 226 Å². The summed E-state index contributed by atoms with van der Waals surface area (Å²) in [6.45, 7) is 1.93. The molecule has 2 fully saturated rings. The van der Waals surface area contributed by atoms with Crippen LogP contribution < -0.4 is 20.5 Å². The van der Waals surface area contributed by atoms with Crippen LogP contribution in [0.3, 0.4) is 0 Å². The van der Waals surface area contributed by atoms with Gasteiger partial charge in [-0.25, -0.2) is 9.78 Å². The van der Waals surface area contributed by atoms with Crippen molar-refractivity contribution in [1.29, 1.82) is 0 Å². The Morgan fingerprint density at radius 2 is 1.97 bits per heavy atom. The quantitative estimate of drug-likeness (QED) is 0.411. The number of nitrogens with zero attached hydrogens (tertiary/aromatic N) is 2. The molecular formula is C27H36F2N4O6. The van der Waals surface area contributed by atoms with Crippen molar-refractivity contribution in [1.82, 2.24) is 15.2 Å². The van der Waals surface area contributed by atoms with Gasteiger partial charge in [-0.15, -0.1) is 0 Å². The number of nitrogens with two attached hydrogens (primary N) is 1. The monoisotopic (exact) mass is 550 g/mol. The second kappa shape index (κ2) is 12.6. The number of benzene rings is 1. The van der Waals surface area contributed by atoms with E-state index in [-0.39, 0.29) is 47.3 Å². The Balaban J connectivity index is 1.58. The fourth-order valence-corrected chi connectivity index (χ4v) is 4.45. The van der Waals surface area contributed by atoms with Gasteiger partial charge < -0.3 is 34.6 Å². The average molecular weight is 551 g/mol. The van der Waals surface area contributed by atoms with Crippen LogP contribution in [0.15, 0.2) is 22.6 Å². The van der Waals surface area contributed by atoms with Crippen LogP contribution in [0.5, 0.6) is 11.5 Å². The van der Waals surface area contributed by atoms with E-state index in [4.69, 9.17) is 19.6 Å². The van der Waals surface area contributed by atoms with Crippen LogP contribution >= 0.6 is 0 Å². The highest BCUT2D eigenvalue weighted by molar-refractivity contribution is 5.94. The fourth-order valence-electron chi connectivity index (χ4n) is 4.45. The van der Waals surface area contributed by atoms with Crippen molar-refractivity contribution in [2.75, 3.05) is 26.8 Å². The summed E-state index contributed by atoms with van der Waals surface area (Å²) in [5.41, 5.74) is 6.82. The molecule has 39 heavy (non-hydrogen) atoms. The molecular weight excluding hydrogens is 514 g/mol. The van der Waals surface area contributed by atoms with E-state index in [1.807, 2.05) is 13.8 Å². The topological polar surface area (TPSA) is 129 Å². The number of aromatic nitrogens is 1. The van der Waals surface area contributed by atoms with E-state index in [9.17, 15) is 18.4 Å². The maximum Gasteiger partial charge on any atom is 0.409 e. The molecule has 12 heteroatoms. The van der Waals surface area contributed by atoms with E-state index in [1.165, 1.54) is 25.3 Å². The first-order valence-electron chi connectivity index (χ1n) is 13.3. The van der Waals surface area contributed by atoms with Crippen LogP contribution in [0.2, 0.25) is 0 Å². The number of hydrogen-bond donors (Lipinski definition) is 2. The van der Waals surface area contributed by atoms with Gasteiger partial charge in [0.15, 0.2) is 23.0 Å². The van der Waals surface area contributed by atoms with Gasteiger partial charge in [0.05, 0.1) is 25.8 Å². The lowest BCUT2D eigenvalue weighted by atomic mass is 10.0. The van der Waals surface area contributed by atoms with E-state index >= 15 is 0 Å². The number of piperidine rings is 1. The zero-order chi connectivity index (χ0) is 28.1. The first-order valence-corrected chi connectivity index (χ1v) is 13.3. The lowest BCUT2D eigenvalue weighted by Crippen LogP contribution is -2.49. The summed E-state index contributed by atoms with van der Waals surface area (Å²) in [7, 11) is 1.33. The number of alkyl halides is 2. The molecule has 2 aromatic rings. The van der Waals surface area contributed by atoms with Crippen molar-refractivity contribution in [2.45, 2.75) is 64.6 Å². The number of hydrogen-bond acceptors (Lipinski definition) is 8. The number of likely N-dealkylation sites (tertiary alicyclic amines) is 1. The summed E-state index contributed by atoms with van der Waals surface area (Å²) in [6, 6.07) is 3.54. The second-order valence-electron chi connectivity index (χ2n) is 10.3. The molecule has 2 atom stereocenters. The number of carbonyl (C=O) groups excluding carboxylic acids is 2. The van der Waals surface area contributed by atoms with Crippen LogP contribution in [-0.4, -0.2) is 61.3 Å². The lowest BCUT2D eigenvalue weighted by molar-refractivity contribution is -0.0515. The van der Waals surface area contributed by atoms with E-state index in [2.05, 4.69) is 15.0 Å². The maximum atomic E-state index is 13.3. The van der Waals surface area contributed by atoms with Crippen LogP contribution in [0.25, 0.3) is 11.5 Å². The summed E-state index contributed by atoms with van der Waals surface area (Å²) in [6.07, 6.45) is 4.15. The first-order chi connectivity index (χ1) is 18.7. The van der Waals surface area contributed by atoms with Gasteiger partial charge in [0.25, 0.3) is 5.91 Å². The van der Waals surface area contributed by atoms with E-state index in [0.717, 1.165) is 32.1 Å². The Hall–Kier alpha value is -3.41. The minimum absolute atomic E-state index is 0.0278. The number of halogens is 2. The fraction of sp³-hybridized carbons (Fsp3) is 0.593. The molecule has 1 aromatic heterocycles. The Morgan fingerprint density at radius 1 is 1.21 bits per heavy atom. The van der Waals surface area contributed by atoms with Crippen LogP contribution in [0.4, 0.5) is 13.6 Å². The van der Waals surface area contributed by atoms with Crippen LogP contribution in [0.1, 0.15) is 68.2 Å². The molecule has 0 bridgehead atoms. The Morgan fingerprint density at radius 3 is 2.64 bits per heavy atom. The largest absolute Gasteiger partial charge is 0.489 e. The highest BCUT2D eigenvalue weighted by Crippen LogP contribution is 2.37. The Bertz CT molecular complexity index is 1150. The zero-order valence-electron chi connectivity index (χ0n) is 22.5. The predicted molar refractivity (Wildman–Crippen MR) is 138 cm³/mol. The minimum Gasteiger partial charge on any atom is -0.489 e. The molecule has 2 heterocycles. The molecule has 1 aromatic carbocycles. The minimum atomic E-state index is -3.01. The number of nitrogens with one attached hydrogen (secondary N) is 1. The van der Waals surface area contributed by atoms with Gasteiger partial charge in [-0.05, 0) is 62.1 Å². The van der Waals surface area contributed by atoms with Crippen LogP contribution in [-0.2, 0) is 4.74 Å². The number of amides is 2. The molecule has 1 saturated heterocycles. The van der Waals surface area contributed by atoms with E-state index in [1.54, 1.807) is 4.90 Å². The van der Waals surface area contributed by atoms with Crippen molar-refractivity contribution in [3.63, 3.8) is 0 Å². The summed E-state index contributed by atoms with van der Waals surface area (Å²) in [4.78, 5) is 31.5. The first kappa shape index (κ1) is 28.6. The molecule has 0 spiro atoms. The van der Waals surface area contributed by atoms with E-state index in [0.29, 0.717) is 24.6 Å². The van der Waals surface area contributed by atoms with Crippen molar-refractivity contribution in [2.24, 2.45) is 17.6 Å². The van der Waals surface area contributed by atoms with Gasteiger partial charge in [-0.3, -0.25) is 4.79 Å². The molecule has 2 aliphatic rings. The summed E-state index contributed by atoms with van der Waals surface area (Å²) in [5.74, 6) is 0.179. The summed E-state index contributed by atoms with van der Waals surface area (Å²) in [5, 5.41) is 2.86. The third kappa shape index (κ3) is 7.17. The summed E-state index contributed by atoms with van der Waals surface area (Å²) < 4.78 is 47.2. The molecule has 1 saturated carbocycles. The van der Waals surface area contributed by atoms with Crippen molar-refractivity contribution in [3.8, 4) is 23.0 Å². The predicted octanol–water partition coefficient (Wildman–Crippen LogP) is 4.74. The van der Waals surface area contributed by atoms with Gasteiger partial charge in [-0.1, -0.05) is 13.8 Å². The summed E-state index contributed by atoms with van der Waals surface area (Å²) >= 11 is 0. The van der Waals surface area contributed by atoms with Gasteiger partial charge in [-0.2, -0.15) is 8.78 Å². The highest BCUT2D eigenvalue weighted by Gasteiger charge is 2.31. The molecule has 1 aliphatic carbocycles. The molecule has 1 aliphatic heterocycles. The third-order valence-corrected chi connectivity index (χ3v) is 7.00. The van der Waals surface area contributed by atoms with E-state index < -0.39 is 24.7 Å². The normalized spacial score (nSPS) is 18.3. The molecule has 214 valence electrons. The van der Waals surface area contributed by atoms with Crippen molar-refractivity contribution in [3.05, 3.63) is 29.7 Å². The number of methoxy groups -OCH3 is 1. The number of oxazole rings is 1. The molecule has 10 nitrogen and oxygen atoms in total. The Kier molecular flexibility index (Phi) is 9.26. The molecule has 1 unspecified atom stereocenters. The second-order valence-corrected chi connectivity index (χ2v) is 10.3. The molecule has 2 amide bonds. The van der Waals surface area contributed by atoms with Gasteiger partial charge in [0, 0.05) is 18.7 Å². The van der Waals surface area contributed by atoms with Gasteiger partial charge in [0.1, 0.15) is 0 Å². The third-order valence-electron chi connectivity index (χ3n) is 7.00. The maximum absolute atomic E-state index is 13.3.